The SMILES string of the molecule is C/C=C/C[C@H](C)[C@@H](OC)[C@@H](C)[C@@H](C[C@H]1O[C@H](OC)[C@H](OCc2ccccc2)[C@H](OCc2ccccc2)[C@H]1CC)OCOC. The molecule has 1 saturated heterocycles. The molecule has 0 spiro atoms. The number of hydrogen-bond acceptors (Lipinski definition) is 7. The summed E-state index contributed by atoms with van der Waals surface area (Å²) in [4.78, 5) is 0. The maximum atomic E-state index is 6.73. The van der Waals surface area contributed by atoms with Gasteiger partial charge < -0.3 is 33.2 Å². The van der Waals surface area contributed by atoms with Crippen LogP contribution in [0.3, 0.4) is 0 Å². The van der Waals surface area contributed by atoms with Gasteiger partial charge in [0.25, 0.3) is 0 Å². The first-order chi connectivity index (χ1) is 21.0. The van der Waals surface area contributed by atoms with E-state index in [1.165, 1.54) is 0 Å². The molecule has 3 rings (SSSR count). The van der Waals surface area contributed by atoms with Crippen LogP contribution in [0.2, 0.25) is 0 Å². The van der Waals surface area contributed by atoms with E-state index in [-0.39, 0.29) is 43.0 Å². The van der Waals surface area contributed by atoms with E-state index in [1.807, 2.05) is 43.3 Å². The molecule has 1 heterocycles. The zero-order chi connectivity index (χ0) is 31.0. The number of ether oxygens (including phenoxy) is 7. The van der Waals surface area contributed by atoms with E-state index in [2.05, 4.69) is 57.2 Å². The van der Waals surface area contributed by atoms with Gasteiger partial charge in [0.1, 0.15) is 12.9 Å². The van der Waals surface area contributed by atoms with E-state index in [0.717, 1.165) is 24.0 Å². The van der Waals surface area contributed by atoms with Crippen LogP contribution in [0.4, 0.5) is 0 Å². The maximum absolute atomic E-state index is 6.73. The molecule has 7 nitrogen and oxygen atoms in total. The van der Waals surface area contributed by atoms with Crippen molar-refractivity contribution >= 4 is 0 Å². The summed E-state index contributed by atoms with van der Waals surface area (Å²) in [7, 11) is 5.11. The zero-order valence-electron chi connectivity index (χ0n) is 27.2. The van der Waals surface area contributed by atoms with Crippen molar-refractivity contribution in [1.29, 1.82) is 0 Å². The second-order valence-electron chi connectivity index (χ2n) is 11.6. The quantitative estimate of drug-likeness (QED) is 0.125. The molecule has 2 aromatic carbocycles. The van der Waals surface area contributed by atoms with Crippen molar-refractivity contribution in [2.24, 2.45) is 17.8 Å². The number of benzene rings is 2. The van der Waals surface area contributed by atoms with Crippen molar-refractivity contribution in [3.63, 3.8) is 0 Å². The van der Waals surface area contributed by atoms with Crippen LogP contribution in [0.5, 0.6) is 0 Å². The summed E-state index contributed by atoms with van der Waals surface area (Å²) in [6.45, 7) is 9.78. The summed E-state index contributed by atoms with van der Waals surface area (Å²) in [5.41, 5.74) is 2.21. The topological polar surface area (TPSA) is 64.6 Å². The second kappa shape index (κ2) is 19.3. The molecule has 0 aromatic heterocycles. The summed E-state index contributed by atoms with van der Waals surface area (Å²) in [6.07, 6.45) is 5.14. The average Bonchev–Trinajstić information content (AvgIpc) is 3.04. The minimum absolute atomic E-state index is 0.00651. The largest absolute Gasteiger partial charge is 0.381 e. The van der Waals surface area contributed by atoms with Gasteiger partial charge in [-0.15, -0.1) is 0 Å². The Morgan fingerprint density at radius 2 is 1.47 bits per heavy atom. The molecule has 9 atom stereocenters. The Bertz CT molecular complexity index is 1020. The summed E-state index contributed by atoms with van der Waals surface area (Å²) >= 11 is 0. The van der Waals surface area contributed by atoms with Crippen molar-refractivity contribution in [1.82, 2.24) is 0 Å². The molecule has 0 unspecified atom stereocenters. The number of rotatable bonds is 19. The maximum Gasteiger partial charge on any atom is 0.186 e. The Morgan fingerprint density at radius 1 is 0.860 bits per heavy atom. The number of methoxy groups -OCH3 is 3. The van der Waals surface area contributed by atoms with Crippen molar-refractivity contribution in [3.05, 3.63) is 83.9 Å². The summed E-state index contributed by atoms with van der Waals surface area (Å²) in [6, 6.07) is 20.4. The predicted molar refractivity (Wildman–Crippen MR) is 169 cm³/mol. The monoisotopic (exact) mass is 598 g/mol. The van der Waals surface area contributed by atoms with Crippen LogP contribution in [0.1, 0.15) is 58.1 Å². The van der Waals surface area contributed by atoms with Crippen LogP contribution in [-0.4, -0.2) is 64.9 Å². The number of hydrogen-bond donors (Lipinski definition) is 0. The van der Waals surface area contributed by atoms with E-state index in [9.17, 15) is 0 Å². The molecule has 2 aromatic rings. The smallest absolute Gasteiger partial charge is 0.186 e. The molecule has 1 fully saturated rings. The fourth-order valence-electron chi connectivity index (χ4n) is 6.28. The normalized spacial score (nSPS) is 25.4. The molecule has 240 valence electrons. The molecule has 7 heteroatoms. The molecule has 0 amide bonds. The van der Waals surface area contributed by atoms with Gasteiger partial charge in [0.2, 0.25) is 0 Å². The Kier molecular flexibility index (Phi) is 15.9. The highest BCUT2D eigenvalue weighted by Gasteiger charge is 2.48. The van der Waals surface area contributed by atoms with Gasteiger partial charge in [-0.3, -0.25) is 0 Å². The fourth-order valence-corrected chi connectivity index (χ4v) is 6.28. The highest BCUT2D eigenvalue weighted by Crippen LogP contribution is 2.38. The van der Waals surface area contributed by atoms with E-state index >= 15 is 0 Å². The third-order valence-corrected chi connectivity index (χ3v) is 8.62. The van der Waals surface area contributed by atoms with Gasteiger partial charge in [-0.25, -0.2) is 0 Å². The highest BCUT2D eigenvalue weighted by atomic mass is 16.7. The van der Waals surface area contributed by atoms with Crippen molar-refractivity contribution in [2.75, 3.05) is 28.1 Å². The molecule has 0 N–H and O–H groups in total. The van der Waals surface area contributed by atoms with E-state index in [4.69, 9.17) is 33.2 Å². The van der Waals surface area contributed by atoms with Gasteiger partial charge in [0.05, 0.1) is 37.6 Å². The fraction of sp³-hybridized carbons (Fsp3) is 0.611. The molecule has 0 saturated carbocycles. The number of allylic oxidation sites excluding steroid dienone is 2. The lowest BCUT2D eigenvalue weighted by molar-refractivity contribution is -0.305. The lowest BCUT2D eigenvalue weighted by Gasteiger charge is -2.47. The molecular weight excluding hydrogens is 544 g/mol. The summed E-state index contributed by atoms with van der Waals surface area (Å²) in [5.74, 6) is 0.472. The van der Waals surface area contributed by atoms with Crippen LogP contribution in [-0.2, 0) is 46.4 Å². The zero-order valence-corrected chi connectivity index (χ0v) is 27.2. The minimum Gasteiger partial charge on any atom is -0.381 e. The molecule has 43 heavy (non-hydrogen) atoms. The van der Waals surface area contributed by atoms with Crippen LogP contribution in [0.25, 0.3) is 0 Å². The van der Waals surface area contributed by atoms with Crippen LogP contribution >= 0.6 is 0 Å². The van der Waals surface area contributed by atoms with Gasteiger partial charge in [-0.05, 0) is 36.8 Å². The Labute approximate surface area is 259 Å². The summed E-state index contributed by atoms with van der Waals surface area (Å²) < 4.78 is 43.7. The molecule has 1 aliphatic heterocycles. The Morgan fingerprint density at radius 3 is 1.98 bits per heavy atom. The van der Waals surface area contributed by atoms with Crippen LogP contribution < -0.4 is 0 Å². The third kappa shape index (κ3) is 10.5. The average molecular weight is 599 g/mol. The van der Waals surface area contributed by atoms with Crippen LogP contribution in [0.15, 0.2) is 72.8 Å². The first-order valence-corrected chi connectivity index (χ1v) is 15.7. The first-order valence-electron chi connectivity index (χ1n) is 15.7. The summed E-state index contributed by atoms with van der Waals surface area (Å²) in [5, 5.41) is 0. The molecule has 0 radical (unpaired) electrons. The highest BCUT2D eigenvalue weighted by molar-refractivity contribution is 5.14. The molecular formula is C36H54O7. The van der Waals surface area contributed by atoms with Crippen molar-refractivity contribution in [2.45, 2.75) is 97.0 Å². The molecule has 0 aliphatic carbocycles. The van der Waals surface area contributed by atoms with Gasteiger partial charge in [-0.2, -0.15) is 0 Å². The Balaban J connectivity index is 1.87. The third-order valence-electron chi connectivity index (χ3n) is 8.62. The minimum atomic E-state index is -0.595. The van der Waals surface area contributed by atoms with Crippen LogP contribution in [0, 0.1) is 17.8 Å². The lowest BCUT2D eigenvalue weighted by Crippen LogP contribution is -2.57. The van der Waals surface area contributed by atoms with Crippen molar-refractivity contribution < 1.29 is 33.2 Å². The standard InChI is InChI=1S/C36H54O7/c1-8-10-17-26(3)33(38-6)27(4)31(42-25-37-5)22-32-30(9-2)34(40-23-28-18-13-11-14-19-28)35(36(39-7)43-32)41-24-29-20-15-12-16-21-29/h8,10-16,18-21,26-27,30-36H,9,17,22-25H2,1-7H3/b10-8+/t26-,27-,30-,31+,32+,33+,34+,35+,36-/m0/s1. The van der Waals surface area contributed by atoms with Gasteiger partial charge in [0.15, 0.2) is 6.29 Å². The second-order valence-corrected chi connectivity index (χ2v) is 11.6. The van der Waals surface area contributed by atoms with Gasteiger partial charge in [-0.1, -0.05) is 93.6 Å². The lowest BCUT2D eigenvalue weighted by atomic mass is 9.80. The predicted octanol–water partition coefficient (Wildman–Crippen LogP) is 7.19. The van der Waals surface area contributed by atoms with Crippen molar-refractivity contribution in [3.8, 4) is 0 Å². The Hall–Kier alpha value is -2.10. The van der Waals surface area contributed by atoms with E-state index in [0.29, 0.717) is 25.6 Å². The molecule has 0 bridgehead atoms. The van der Waals surface area contributed by atoms with Gasteiger partial charge >= 0.3 is 0 Å². The molecule has 1 aliphatic rings. The van der Waals surface area contributed by atoms with E-state index < -0.39 is 12.4 Å². The van der Waals surface area contributed by atoms with Gasteiger partial charge in [0, 0.05) is 39.6 Å². The first kappa shape index (κ1) is 35.4. The van der Waals surface area contributed by atoms with E-state index in [1.54, 1.807) is 21.3 Å².